The van der Waals surface area contributed by atoms with Crippen molar-refractivity contribution in [2.75, 3.05) is 18.6 Å². The van der Waals surface area contributed by atoms with Crippen LogP contribution in [0.15, 0.2) is 54.7 Å². The third-order valence-electron chi connectivity index (χ3n) is 8.28. The van der Waals surface area contributed by atoms with Crippen LogP contribution < -0.4 is 15.0 Å². The molecule has 3 aliphatic heterocycles. The number of amides is 3. The van der Waals surface area contributed by atoms with Crippen molar-refractivity contribution in [1.29, 1.82) is 5.26 Å². The number of hydrogen-bond acceptors (Lipinski definition) is 8. The van der Waals surface area contributed by atoms with Crippen LogP contribution >= 0.6 is 11.6 Å². The Morgan fingerprint density at radius 1 is 1.18 bits per heavy atom. The van der Waals surface area contributed by atoms with Crippen molar-refractivity contribution in [3.05, 3.63) is 65.3 Å². The van der Waals surface area contributed by atoms with E-state index < -0.39 is 47.0 Å². The number of aromatic nitrogens is 1. The Kier molecular flexibility index (Phi) is 6.16. The lowest BCUT2D eigenvalue weighted by molar-refractivity contribution is -0.134. The van der Waals surface area contributed by atoms with Crippen LogP contribution in [0.5, 0.6) is 5.88 Å². The van der Waals surface area contributed by atoms with Crippen LogP contribution in [0.25, 0.3) is 10.8 Å². The summed E-state index contributed by atoms with van der Waals surface area (Å²) in [7, 11) is 1.45. The third-order valence-corrected chi connectivity index (χ3v) is 8.50. The fourth-order valence-electron chi connectivity index (χ4n) is 6.54. The Balaban J connectivity index is 1.38. The molecule has 3 aromatic rings. The summed E-state index contributed by atoms with van der Waals surface area (Å²) in [5, 5.41) is 13.8. The third kappa shape index (κ3) is 3.80. The average molecular weight is 561 g/mol. The lowest BCUT2D eigenvalue weighted by Gasteiger charge is -2.35. The summed E-state index contributed by atoms with van der Waals surface area (Å²) in [6.45, 7) is 1.86. The number of rotatable bonds is 6. The normalized spacial score (nSPS) is 28.4. The lowest BCUT2D eigenvalue weighted by Crippen LogP contribution is -2.52. The van der Waals surface area contributed by atoms with Gasteiger partial charge >= 0.3 is 6.09 Å². The molecule has 0 saturated carbocycles. The predicted molar refractivity (Wildman–Crippen MR) is 144 cm³/mol. The Morgan fingerprint density at radius 2 is 1.93 bits per heavy atom. The summed E-state index contributed by atoms with van der Waals surface area (Å²) in [5.41, 5.74) is -1.51. The number of carbonyl (C=O) groups excluding carboxylic acids is 3. The number of carbonyl (C=O) groups is 3. The standard InChI is InChI=1S/C29H25ClN4O6/c1-28-21(39-27(37)32-2)13-29(40-28,11-12-38-22-10-8-17(30)15-33-22)24-23(28)25(35)34(26(24)36)20-9-7-16(14-31)18-5-3-4-6-19(18)20/h3-10,15,21,23-24H,11-13H2,1-2H3,(H,32,37)/t21-,23-,24+,28?,29?/m0/s1. The van der Waals surface area contributed by atoms with Gasteiger partial charge in [0.25, 0.3) is 0 Å². The molecule has 0 radical (unpaired) electrons. The van der Waals surface area contributed by atoms with Gasteiger partial charge in [0.15, 0.2) is 0 Å². The molecule has 11 heteroatoms. The maximum atomic E-state index is 14.2. The zero-order valence-electron chi connectivity index (χ0n) is 21.7. The molecule has 2 bridgehead atoms. The highest BCUT2D eigenvalue weighted by Crippen LogP contribution is 2.63. The van der Waals surface area contributed by atoms with Crippen molar-refractivity contribution < 1.29 is 28.6 Å². The SMILES string of the molecule is CNC(=O)O[C@H]1CC2(CCOc3ccc(Cl)cn3)OC1(C)[C@@H]1C(=O)N(c3ccc(C#N)c4ccccc34)C(=O)[C@@H]12. The van der Waals surface area contributed by atoms with Gasteiger partial charge in [0.05, 0.1) is 46.4 Å². The minimum absolute atomic E-state index is 0.141. The highest BCUT2D eigenvalue weighted by atomic mass is 35.5. The molecule has 10 nitrogen and oxygen atoms in total. The topological polar surface area (TPSA) is 131 Å². The highest BCUT2D eigenvalue weighted by Gasteiger charge is 2.78. The van der Waals surface area contributed by atoms with Crippen LogP contribution in [0.1, 0.15) is 25.3 Å². The zero-order chi connectivity index (χ0) is 28.2. The number of halogens is 1. The predicted octanol–water partition coefficient (Wildman–Crippen LogP) is 3.99. The van der Waals surface area contributed by atoms with E-state index in [-0.39, 0.29) is 19.4 Å². The Bertz CT molecular complexity index is 1590. The lowest BCUT2D eigenvalue weighted by atomic mass is 9.66. The van der Waals surface area contributed by atoms with Gasteiger partial charge in [0, 0.05) is 42.9 Å². The van der Waals surface area contributed by atoms with Gasteiger partial charge in [-0.15, -0.1) is 0 Å². The van der Waals surface area contributed by atoms with E-state index in [0.29, 0.717) is 32.9 Å². The van der Waals surface area contributed by atoms with Gasteiger partial charge in [-0.2, -0.15) is 5.26 Å². The summed E-state index contributed by atoms with van der Waals surface area (Å²) in [6.07, 6.45) is 0.522. The summed E-state index contributed by atoms with van der Waals surface area (Å²) in [4.78, 5) is 45.8. The van der Waals surface area contributed by atoms with Crippen molar-refractivity contribution in [2.45, 2.75) is 37.1 Å². The first kappa shape index (κ1) is 26.0. The molecular weight excluding hydrogens is 536 g/mol. The van der Waals surface area contributed by atoms with E-state index in [1.807, 2.05) is 0 Å². The molecule has 4 heterocycles. The summed E-state index contributed by atoms with van der Waals surface area (Å²) < 4.78 is 18.0. The maximum absolute atomic E-state index is 14.2. The summed E-state index contributed by atoms with van der Waals surface area (Å²) in [6, 6.07) is 15.9. The number of ether oxygens (including phenoxy) is 3. The number of fused-ring (bicyclic) bond motifs is 6. The largest absolute Gasteiger partial charge is 0.478 e. The highest BCUT2D eigenvalue weighted by molar-refractivity contribution is 6.30. The van der Waals surface area contributed by atoms with E-state index in [9.17, 15) is 19.6 Å². The van der Waals surface area contributed by atoms with Crippen LogP contribution in [-0.4, -0.2) is 53.9 Å². The molecule has 3 saturated heterocycles. The quantitative estimate of drug-likeness (QED) is 0.448. The van der Waals surface area contributed by atoms with Crippen molar-refractivity contribution in [3.63, 3.8) is 0 Å². The minimum atomic E-state index is -1.24. The molecule has 3 aliphatic rings. The van der Waals surface area contributed by atoms with E-state index in [1.165, 1.54) is 18.1 Å². The second-order valence-corrected chi connectivity index (χ2v) is 10.8. The number of nitriles is 1. The molecule has 0 spiro atoms. The molecule has 6 rings (SSSR count). The second kappa shape index (κ2) is 9.47. The maximum Gasteiger partial charge on any atom is 0.407 e. The molecule has 1 aromatic heterocycles. The van der Waals surface area contributed by atoms with E-state index in [0.717, 1.165) is 0 Å². The number of hydrogen-bond donors (Lipinski definition) is 1. The number of nitrogens with one attached hydrogen (secondary N) is 1. The number of benzene rings is 2. The van der Waals surface area contributed by atoms with Gasteiger partial charge in [-0.1, -0.05) is 35.9 Å². The molecular formula is C29H25ClN4O6. The Morgan fingerprint density at radius 3 is 2.62 bits per heavy atom. The van der Waals surface area contributed by atoms with Gasteiger partial charge in [-0.05, 0) is 25.1 Å². The fourth-order valence-corrected chi connectivity index (χ4v) is 6.65. The monoisotopic (exact) mass is 560 g/mol. The molecule has 3 fully saturated rings. The molecule has 5 atom stereocenters. The molecule has 2 aromatic carbocycles. The van der Waals surface area contributed by atoms with Crippen molar-refractivity contribution in [3.8, 4) is 11.9 Å². The number of alkyl carbamates (subject to hydrolysis) is 1. The second-order valence-electron chi connectivity index (χ2n) is 10.4. The van der Waals surface area contributed by atoms with Gasteiger partial charge < -0.3 is 19.5 Å². The van der Waals surface area contributed by atoms with Crippen LogP contribution in [0.4, 0.5) is 10.5 Å². The van der Waals surface area contributed by atoms with E-state index in [4.69, 9.17) is 25.8 Å². The summed E-state index contributed by atoms with van der Waals surface area (Å²) in [5.74, 6) is -2.16. The van der Waals surface area contributed by atoms with Crippen LogP contribution in [0.3, 0.4) is 0 Å². The number of nitrogens with zero attached hydrogens (tertiary/aromatic N) is 3. The van der Waals surface area contributed by atoms with E-state index in [2.05, 4.69) is 16.4 Å². The van der Waals surface area contributed by atoms with Crippen LogP contribution in [0.2, 0.25) is 5.02 Å². The fraction of sp³-hybridized carbons (Fsp3) is 0.345. The Labute approximate surface area is 234 Å². The zero-order valence-corrected chi connectivity index (χ0v) is 22.5. The van der Waals surface area contributed by atoms with Gasteiger partial charge in [-0.3, -0.25) is 9.59 Å². The van der Waals surface area contributed by atoms with E-state index in [1.54, 1.807) is 55.5 Å². The van der Waals surface area contributed by atoms with Gasteiger partial charge in [0.2, 0.25) is 17.7 Å². The number of pyridine rings is 1. The molecule has 2 unspecified atom stereocenters. The first-order valence-electron chi connectivity index (χ1n) is 12.8. The first-order chi connectivity index (χ1) is 19.2. The van der Waals surface area contributed by atoms with Gasteiger partial charge in [0.1, 0.15) is 11.7 Å². The smallest absolute Gasteiger partial charge is 0.407 e. The van der Waals surface area contributed by atoms with Crippen LogP contribution in [-0.2, 0) is 19.1 Å². The number of imide groups is 1. The van der Waals surface area contributed by atoms with Crippen LogP contribution in [0, 0.1) is 23.2 Å². The van der Waals surface area contributed by atoms with Crippen molar-refractivity contribution >= 4 is 46.0 Å². The molecule has 40 heavy (non-hydrogen) atoms. The van der Waals surface area contributed by atoms with Gasteiger partial charge in [-0.25, -0.2) is 14.7 Å². The van der Waals surface area contributed by atoms with Crippen molar-refractivity contribution in [2.24, 2.45) is 11.8 Å². The number of anilines is 1. The Hall–Kier alpha value is -4.20. The molecule has 0 aliphatic carbocycles. The minimum Gasteiger partial charge on any atom is -0.478 e. The molecule has 1 N–H and O–H groups in total. The van der Waals surface area contributed by atoms with E-state index >= 15 is 0 Å². The molecule has 3 amide bonds. The molecule has 204 valence electrons. The summed E-state index contributed by atoms with van der Waals surface area (Å²) >= 11 is 5.92. The van der Waals surface area contributed by atoms with Crippen molar-refractivity contribution in [1.82, 2.24) is 10.3 Å². The first-order valence-corrected chi connectivity index (χ1v) is 13.2. The average Bonchev–Trinajstić information content (AvgIpc) is 3.50.